The van der Waals surface area contributed by atoms with Gasteiger partial charge in [-0.1, -0.05) is 40.6 Å². The van der Waals surface area contributed by atoms with Gasteiger partial charge in [0.2, 0.25) is 0 Å². The van der Waals surface area contributed by atoms with Crippen LogP contribution in [0.3, 0.4) is 0 Å². The Labute approximate surface area is 98.0 Å². The molecule has 5 heteroatoms. The molecule has 1 saturated carbocycles. The molecule has 17 heavy (non-hydrogen) atoms. The summed E-state index contributed by atoms with van der Waals surface area (Å²) in [5.74, 6) is -0.239. The summed E-state index contributed by atoms with van der Waals surface area (Å²) in [7, 11) is 0. The maximum absolute atomic E-state index is 9.78. The normalized spacial score (nSPS) is 33.4. The second kappa shape index (κ2) is 3.85. The average Bonchev–Trinajstić information content (AvgIpc) is 2.92. The molecule has 1 fully saturated rings. The van der Waals surface area contributed by atoms with Gasteiger partial charge >= 0.3 is 0 Å². The van der Waals surface area contributed by atoms with Gasteiger partial charge in [0.15, 0.2) is 6.10 Å². The number of benzene rings is 1. The SMILES string of the molecule is O/N=C1/C[C@H](O)[C@H]2ON=C(c3ccccc3)[C@@H]12. The van der Waals surface area contributed by atoms with Crippen molar-refractivity contribution in [1.29, 1.82) is 0 Å². The van der Waals surface area contributed by atoms with Crippen LogP contribution in [-0.2, 0) is 4.84 Å². The Kier molecular flexibility index (Phi) is 2.33. The summed E-state index contributed by atoms with van der Waals surface area (Å²) in [6.45, 7) is 0. The van der Waals surface area contributed by atoms with Crippen LogP contribution < -0.4 is 0 Å². The molecule has 1 aliphatic carbocycles. The van der Waals surface area contributed by atoms with Crippen LogP contribution >= 0.6 is 0 Å². The Bertz CT molecular complexity index is 484. The molecule has 0 radical (unpaired) electrons. The smallest absolute Gasteiger partial charge is 0.167 e. The first-order chi connectivity index (χ1) is 8.31. The van der Waals surface area contributed by atoms with Crippen molar-refractivity contribution in [3.63, 3.8) is 0 Å². The quantitative estimate of drug-likeness (QED) is 0.560. The van der Waals surface area contributed by atoms with Crippen molar-refractivity contribution in [1.82, 2.24) is 0 Å². The Morgan fingerprint density at radius 3 is 2.76 bits per heavy atom. The lowest BCUT2D eigenvalue weighted by Gasteiger charge is -2.10. The number of hydrogen-bond acceptors (Lipinski definition) is 5. The summed E-state index contributed by atoms with van der Waals surface area (Å²) in [5, 5.41) is 26.0. The van der Waals surface area contributed by atoms with E-state index in [1.54, 1.807) is 0 Å². The zero-order valence-electron chi connectivity index (χ0n) is 9.02. The summed E-state index contributed by atoms with van der Waals surface area (Å²) in [6, 6.07) is 9.58. The molecule has 2 N–H and O–H groups in total. The van der Waals surface area contributed by atoms with E-state index in [2.05, 4.69) is 10.3 Å². The highest BCUT2D eigenvalue weighted by Gasteiger charge is 2.49. The van der Waals surface area contributed by atoms with E-state index in [4.69, 9.17) is 10.0 Å². The van der Waals surface area contributed by atoms with Crippen molar-refractivity contribution < 1.29 is 15.2 Å². The van der Waals surface area contributed by atoms with Gasteiger partial charge in [0.1, 0.15) is 0 Å². The summed E-state index contributed by atoms with van der Waals surface area (Å²) in [4.78, 5) is 5.23. The third kappa shape index (κ3) is 1.51. The highest BCUT2D eigenvalue weighted by molar-refractivity contribution is 6.17. The van der Waals surface area contributed by atoms with Crippen LogP contribution in [0.15, 0.2) is 40.6 Å². The minimum atomic E-state index is -0.657. The lowest BCUT2D eigenvalue weighted by molar-refractivity contribution is -0.00997. The van der Waals surface area contributed by atoms with E-state index in [1.165, 1.54) is 0 Å². The Balaban J connectivity index is 1.99. The van der Waals surface area contributed by atoms with Crippen molar-refractivity contribution in [2.24, 2.45) is 16.2 Å². The van der Waals surface area contributed by atoms with Gasteiger partial charge in [-0.05, 0) is 0 Å². The fraction of sp³-hybridized carbons (Fsp3) is 0.333. The Hall–Kier alpha value is -1.88. The molecule has 5 nitrogen and oxygen atoms in total. The van der Waals surface area contributed by atoms with E-state index < -0.39 is 12.2 Å². The van der Waals surface area contributed by atoms with E-state index in [9.17, 15) is 5.11 Å². The molecule has 2 aliphatic rings. The van der Waals surface area contributed by atoms with E-state index in [1.807, 2.05) is 30.3 Å². The molecule has 0 amide bonds. The molecule has 0 saturated heterocycles. The van der Waals surface area contributed by atoms with Crippen LogP contribution in [0, 0.1) is 5.92 Å². The highest BCUT2D eigenvalue weighted by atomic mass is 16.7. The maximum Gasteiger partial charge on any atom is 0.167 e. The average molecular weight is 232 g/mol. The van der Waals surface area contributed by atoms with Gasteiger partial charge in [0, 0.05) is 12.0 Å². The van der Waals surface area contributed by atoms with Crippen molar-refractivity contribution in [2.45, 2.75) is 18.6 Å². The minimum absolute atomic E-state index is 0.239. The number of rotatable bonds is 1. The Morgan fingerprint density at radius 2 is 2.06 bits per heavy atom. The molecule has 0 bridgehead atoms. The fourth-order valence-electron chi connectivity index (χ4n) is 2.43. The monoisotopic (exact) mass is 232 g/mol. The molecule has 0 spiro atoms. The molecule has 88 valence electrons. The van der Waals surface area contributed by atoms with E-state index in [0.29, 0.717) is 12.1 Å². The van der Waals surface area contributed by atoms with Gasteiger partial charge in [-0.15, -0.1) is 0 Å². The van der Waals surface area contributed by atoms with Crippen LogP contribution in [0.4, 0.5) is 0 Å². The molecule has 1 aromatic rings. The van der Waals surface area contributed by atoms with Gasteiger partial charge in [-0.25, -0.2) is 0 Å². The van der Waals surface area contributed by atoms with Gasteiger partial charge in [-0.3, -0.25) is 0 Å². The van der Waals surface area contributed by atoms with Crippen LogP contribution in [-0.4, -0.2) is 33.9 Å². The van der Waals surface area contributed by atoms with E-state index in [-0.39, 0.29) is 5.92 Å². The Morgan fingerprint density at radius 1 is 1.29 bits per heavy atom. The maximum atomic E-state index is 9.78. The number of aliphatic hydroxyl groups excluding tert-OH is 1. The topological polar surface area (TPSA) is 74.4 Å². The molecule has 3 atom stereocenters. The number of fused-ring (bicyclic) bond motifs is 1. The molecule has 3 rings (SSSR count). The van der Waals surface area contributed by atoms with Gasteiger partial charge in [-0.2, -0.15) is 0 Å². The van der Waals surface area contributed by atoms with Crippen LogP contribution in [0.5, 0.6) is 0 Å². The van der Waals surface area contributed by atoms with E-state index >= 15 is 0 Å². The standard InChI is InChI=1S/C12H12N2O3/c15-9-6-8(13-16)10-11(14-17-12(9)10)7-4-2-1-3-5-7/h1-5,9-10,12,15-16H,6H2/b13-8-/t9-,10+,12+/m0/s1. The molecule has 1 aliphatic heterocycles. The zero-order chi connectivity index (χ0) is 11.8. The van der Waals surface area contributed by atoms with Crippen LogP contribution in [0.25, 0.3) is 0 Å². The zero-order valence-corrected chi connectivity index (χ0v) is 9.02. The molecular formula is C12H12N2O3. The molecule has 1 heterocycles. The summed E-state index contributed by atoms with van der Waals surface area (Å²) in [6.07, 6.45) is -0.746. The van der Waals surface area contributed by atoms with Crippen molar-refractivity contribution in [3.8, 4) is 0 Å². The summed E-state index contributed by atoms with van der Waals surface area (Å²) < 4.78 is 0. The van der Waals surface area contributed by atoms with Crippen molar-refractivity contribution >= 4 is 11.4 Å². The first kappa shape index (κ1) is 10.3. The van der Waals surface area contributed by atoms with Gasteiger partial charge < -0.3 is 15.2 Å². The predicted octanol–water partition coefficient (Wildman–Crippen LogP) is 1.00. The molecule has 1 aromatic carbocycles. The predicted molar refractivity (Wildman–Crippen MR) is 61.2 cm³/mol. The number of aliphatic hydroxyl groups is 1. The summed E-state index contributed by atoms with van der Waals surface area (Å²) in [5.41, 5.74) is 2.18. The van der Waals surface area contributed by atoms with Crippen molar-refractivity contribution in [2.75, 3.05) is 0 Å². The lowest BCUT2D eigenvalue weighted by atomic mass is 9.93. The third-order valence-corrected chi connectivity index (χ3v) is 3.25. The third-order valence-electron chi connectivity index (χ3n) is 3.25. The van der Waals surface area contributed by atoms with Gasteiger partial charge in [0.25, 0.3) is 0 Å². The number of oxime groups is 2. The minimum Gasteiger partial charge on any atom is -0.411 e. The molecule has 0 unspecified atom stereocenters. The lowest BCUT2D eigenvalue weighted by Crippen LogP contribution is -2.28. The summed E-state index contributed by atoms with van der Waals surface area (Å²) >= 11 is 0. The van der Waals surface area contributed by atoms with Crippen LogP contribution in [0.2, 0.25) is 0 Å². The van der Waals surface area contributed by atoms with E-state index in [0.717, 1.165) is 11.3 Å². The molecule has 0 aromatic heterocycles. The van der Waals surface area contributed by atoms with Crippen molar-refractivity contribution in [3.05, 3.63) is 35.9 Å². The highest BCUT2D eigenvalue weighted by Crippen LogP contribution is 2.34. The van der Waals surface area contributed by atoms with Gasteiger partial charge in [0.05, 0.1) is 23.4 Å². The number of hydrogen-bond donors (Lipinski definition) is 2. The first-order valence-corrected chi connectivity index (χ1v) is 5.49. The number of nitrogens with zero attached hydrogens (tertiary/aromatic N) is 2. The fourth-order valence-corrected chi connectivity index (χ4v) is 2.43. The van der Waals surface area contributed by atoms with Crippen LogP contribution in [0.1, 0.15) is 12.0 Å². The largest absolute Gasteiger partial charge is 0.411 e. The second-order valence-corrected chi connectivity index (χ2v) is 4.25. The molecular weight excluding hydrogens is 220 g/mol. The second-order valence-electron chi connectivity index (χ2n) is 4.25. The first-order valence-electron chi connectivity index (χ1n) is 5.49.